The topological polar surface area (TPSA) is 147 Å². The smallest absolute Gasteiger partial charge is 0.344 e. The summed E-state index contributed by atoms with van der Waals surface area (Å²) in [4.78, 5) is 23.7. The van der Waals surface area contributed by atoms with Gasteiger partial charge in [0.05, 0.1) is 12.0 Å². The van der Waals surface area contributed by atoms with E-state index in [4.69, 9.17) is 20.0 Å². The average Bonchev–Trinajstić information content (AvgIpc) is 3.57. The lowest BCUT2D eigenvalue weighted by molar-refractivity contribution is -0.144. The lowest BCUT2D eigenvalue weighted by Crippen LogP contribution is -2.48. The maximum absolute atomic E-state index is 14.5. The van der Waals surface area contributed by atoms with Gasteiger partial charge in [0.25, 0.3) is 0 Å². The standard InChI is InChI=1S/C24H26F2N8O4/c1-14(22(35)36)38-20-13-18(15(25)11-16(20)26)33-8-6-32(7-9-33)5-4-28-24-29-21-12-17(19-3-2-10-37-19)31-34(21)23(27)30-24/h2-3,10-14H,4-9H2,1H3,(H,35,36)(H3,27,28,29,30). The minimum atomic E-state index is -1.26. The van der Waals surface area contributed by atoms with Crippen molar-refractivity contribution in [2.75, 3.05) is 55.2 Å². The fraction of sp³-hybridized carbons (Fsp3) is 0.333. The van der Waals surface area contributed by atoms with Crippen molar-refractivity contribution < 1.29 is 27.8 Å². The maximum Gasteiger partial charge on any atom is 0.344 e. The molecule has 1 aliphatic heterocycles. The molecular weight excluding hydrogens is 502 g/mol. The molecule has 14 heteroatoms. The van der Waals surface area contributed by atoms with Crippen LogP contribution in [0, 0.1) is 11.6 Å². The number of carboxylic acid groups (broad SMARTS) is 1. The van der Waals surface area contributed by atoms with Crippen LogP contribution < -0.4 is 20.7 Å². The third kappa shape index (κ3) is 5.29. The fourth-order valence-corrected chi connectivity index (χ4v) is 4.16. The second-order valence-electron chi connectivity index (χ2n) is 8.77. The van der Waals surface area contributed by atoms with Crippen LogP contribution in [-0.4, -0.2) is 80.9 Å². The largest absolute Gasteiger partial charge is 0.479 e. The first-order valence-electron chi connectivity index (χ1n) is 12.0. The van der Waals surface area contributed by atoms with E-state index in [-0.39, 0.29) is 17.4 Å². The number of nitrogens with two attached hydrogens (primary N) is 1. The van der Waals surface area contributed by atoms with E-state index in [1.165, 1.54) is 17.5 Å². The van der Waals surface area contributed by atoms with Crippen LogP contribution in [0.25, 0.3) is 17.1 Å². The van der Waals surface area contributed by atoms with Gasteiger partial charge in [-0.25, -0.2) is 13.6 Å². The molecule has 0 bridgehead atoms. The number of piperazine rings is 1. The van der Waals surface area contributed by atoms with E-state index in [0.29, 0.717) is 62.3 Å². The molecule has 0 spiro atoms. The van der Waals surface area contributed by atoms with E-state index < -0.39 is 23.7 Å². The number of nitrogens with zero attached hydrogens (tertiary/aromatic N) is 6. The van der Waals surface area contributed by atoms with Crippen molar-refractivity contribution in [1.29, 1.82) is 0 Å². The Bertz CT molecular complexity index is 1440. The van der Waals surface area contributed by atoms with E-state index in [2.05, 4.69) is 25.3 Å². The molecule has 38 heavy (non-hydrogen) atoms. The molecule has 3 aromatic heterocycles. The normalized spacial score (nSPS) is 15.1. The molecule has 1 atom stereocenters. The van der Waals surface area contributed by atoms with E-state index in [9.17, 15) is 13.6 Å². The molecule has 1 aromatic carbocycles. The number of aromatic nitrogens is 4. The van der Waals surface area contributed by atoms with Gasteiger partial charge in [-0.3, -0.25) is 4.90 Å². The summed E-state index contributed by atoms with van der Waals surface area (Å²) in [5, 5.41) is 16.6. The molecule has 4 N–H and O–H groups in total. The van der Waals surface area contributed by atoms with Crippen LogP contribution in [0.1, 0.15) is 6.92 Å². The van der Waals surface area contributed by atoms with Gasteiger partial charge >= 0.3 is 5.97 Å². The number of anilines is 3. The first kappa shape index (κ1) is 25.2. The van der Waals surface area contributed by atoms with Gasteiger partial charge < -0.3 is 30.2 Å². The summed E-state index contributed by atoms with van der Waals surface area (Å²) in [6.07, 6.45) is 0.297. The molecule has 0 radical (unpaired) electrons. The Balaban J connectivity index is 1.16. The van der Waals surface area contributed by atoms with Gasteiger partial charge in [-0.1, -0.05) is 0 Å². The molecule has 1 unspecified atom stereocenters. The third-order valence-corrected chi connectivity index (χ3v) is 6.20. The highest BCUT2D eigenvalue weighted by molar-refractivity contribution is 5.72. The Labute approximate surface area is 215 Å². The predicted octanol–water partition coefficient (Wildman–Crippen LogP) is 2.33. The maximum atomic E-state index is 14.5. The van der Waals surface area contributed by atoms with Crippen molar-refractivity contribution in [1.82, 2.24) is 24.5 Å². The molecule has 4 heterocycles. The monoisotopic (exact) mass is 528 g/mol. The van der Waals surface area contributed by atoms with Crippen molar-refractivity contribution in [3.8, 4) is 17.2 Å². The third-order valence-electron chi connectivity index (χ3n) is 6.20. The number of ether oxygens (including phenoxy) is 1. The summed E-state index contributed by atoms with van der Waals surface area (Å²) in [6, 6.07) is 7.26. The minimum Gasteiger partial charge on any atom is -0.479 e. The zero-order valence-corrected chi connectivity index (χ0v) is 20.5. The molecule has 5 rings (SSSR count). The van der Waals surface area contributed by atoms with Crippen LogP contribution >= 0.6 is 0 Å². The summed E-state index contributed by atoms with van der Waals surface area (Å²) < 4.78 is 40.6. The SMILES string of the molecule is CC(Oc1cc(N2CCN(CCNc3nc(N)n4nc(-c5ccco5)cc4n3)CC2)c(F)cc1F)C(=O)O. The number of nitrogens with one attached hydrogen (secondary N) is 1. The van der Waals surface area contributed by atoms with Crippen LogP contribution in [0.4, 0.5) is 26.4 Å². The Hall–Kier alpha value is -4.46. The number of rotatable bonds is 9. The quantitative estimate of drug-likeness (QED) is 0.294. The number of fused-ring (bicyclic) bond motifs is 1. The first-order chi connectivity index (χ1) is 18.3. The number of furan rings is 1. The van der Waals surface area contributed by atoms with Crippen molar-refractivity contribution in [3.63, 3.8) is 0 Å². The van der Waals surface area contributed by atoms with Crippen LogP contribution in [0.3, 0.4) is 0 Å². The molecule has 0 saturated carbocycles. The van der Waals surface area contributed by atoms with Crippen LogP contribution in [-0.2, 0) is 4.79 Å². The van der Waals surface area contributed by atoms with Gasteiger partial charge in [0.15, 0.2) is 29.1 Å². The van der Waals surface area contributed by atoms with Crippen molar-refractivity contribution in [2.45, 2.75) is 13.0 Å². The van der Waals surface area contributed by atoms with Crippen molar-refractivity contribution >= 4 is 29.2 Å². The Morgan fingerprint density at radius 3 is 2.71 bits per heavy atom. The lowest BCUT2D eigenvalue weighted by Gasteiger charge is -2.36. The van der Waals surface area contributed by atoms with E-state index in [1.54, 1.807) is 29.4 Å². The van der Waals surface area contributed by atoms with Gasteiger partial charge in [0.2, 0.25) is 11.9 Å². The van der Waals surface area contributed by atoms with Gasteiger partial charge in [-0.15, -0.1) is 0 Å². The number of hydrogen-bond donors (Lipinski definition) is 3. The van der Waals surface area contributed by atoms with Gasteiger partial charge in [0, 0.05) is 57.5 Å². The molecule has 0 amide bonds. The highest BCUT2D eigenvalue weighted by atomic mass is 19.1. The van der Waals surface area contributed by atoms with E-state index in [1.807, 2.05) is 0 Å². The highest BCUT2D eigenvalue weighted by Crippen LogP contribution is 2.30. The van der Waals surface area contributed by atoms with Gasteiger partial charge in [-0.2, -0.15) is 19.6 Å². The summed E-state index contributed by atoms with van der Waals surface area (Å²) in [5.41, 5.74) is 7.35. The van der Waals surface area contributed by atoms with Crippen molar-refractivity contribution in [3.05, 3.63) is 48.2 Å². The zero-order chi connectivity index (χ0) is 26.8. The second-order valence-corrected chi connectivity index (χ2v) is 8.77. The molecular formula is C24H26F2N8O4. The van der Waals surface area contributed by atoms with E-state index >= 15 is 0 Å². The number of hydrogen-bond acceptors (Lipinski definition) is 10. The number of carbonyl (C=O) groups is 1. The summed E-state index contributed by atoms with van der Waals surface area (Å²) in [6.45, 7) is 4.77. The van der Waals surface area contributed by atoms with Gasteiger partial charge in [0.1, 0.15) is 11.5 Å². The molecule has 200 valence electrons. The summed E-state index contributed by atoms with van der Waals surface area (Å²) in [7, 11) is 0. The number of benzene rings is 1. The predicted molar refractivity (Wildman–Crippen MR) is 134 cm³/mol. The average molecular weight is 529 g/mol. The Morgan fingerprint density at radius 2 is 2.00 bits per heavy atom. The number of nitrogen functional groups attached to an aromatic ring is 1. The Morgan fingerprint density at radius 1 is 1.21 bits per heavy atom. The zero-order valence-electron chi connectivity index (χ0n) is 20.5. The molecule has 1 fully saturated rings. The summed E-state index contributed by atoms with van der Waals surface area (Å²) >= 11 is 0. The first-order valence-corrected chi connectivity index (χ1v) is 12.0. The van der Waals surface area contributed by atoms with E-state index in [0.717, 1.165) is 6.07 Å². The molecule has 4 aromatic rings. The van der Waals surface area contributed by atoms with Gasteiger partial charge in [-0.05, 0) is 19.1 Å². The Kier molecular flexibility index (Phi) is 6.96. The number of aliphatic carboxylic acids is 1. The lowest BCUT2D eigenvalue weighted by atomic mass is 10.2. The highest BCUT2D eigenvalue weighted by Gasteiger charge is 2.23. The number of carboxylic acids is 1. The number of halogens is 2. The van der Waals surface area contributed by atoms with Crippen molar-refractivity contribution in [2.24, 2.45) is 0 Å². The van der Waals surface area contributed by atoms with Crippen LogP contribution in [0.2, 0.25) is 0 Å². The molecule has 1 saturated heterocycles. The second kappa shape index (κ2) is 10.5. The fourth-order valence-electron chi connectivity index (χ4n) is 4.16. The summed E-state index contributed by atoms with van der Waals surface area (Å²) in [5.74, 6) is -2.06. The van der Waals surface area contributed by atoms with Crippen LogP contribution in [0.15, 0.2) is 41.0 Å². The molecule has 1 aliphatic rings. The minimum absolute atomic E-state index is 0.170. The molecule has 12 nitrogen and oxygen atoms in total. The molecule has 0 aliphatic carbocycles. The van der Waals surface area contributed by atoms with Crippen LogP contribution in [0.5, 0.6) is 5.75 Å².